The zero-order chi connectivity index (χ0) is 13.2. The van der Waals surface area contributed by atoms with Gasteiger partial charge in [0.05, 0.1) is 0 Å². The molecule has 0 amide bonds. The molecule has 3 aromatic rings. The molecule has 0 aliphatic carbocycles. The van der Waals surface area contributed by atoms with Gasteiger partial charge < -0.3 is 10.5 Å². The standard InChI is InChI=1S/C13H12N4OS/c1-8-5-6-9-3-2-4-11(12(9)15-8)18-7-10-13(14)19-17-16-10/h2-6H,7,14H2,1H3. The predicted molar refractivity (Wildman–Crippen MR) is 75.1 cm³/mol. The molecule has 2 N–H and O–H groups in total. The maximum atomic E-state index is 5.76. The Labute approximate surface area is 114 Å². The lowest BCUT2D eigenvalue weighted by Crippen LogP contribution is -2.00. The van der Waals surface area contributed by atoms with E-state index in [9.17, 15) is 0 Å². The van der Waals surface area contributed by atoms with Crippen LogP contribution in [0.2, 0.25) is 0 Å². The number of fused-ring (bicyclic) bond motifs is 1. The van der Waals surface area contributed by atoms with Crippen LogP contribution in [-0.4, -0.2) is 14.6 Å². The highest BCUT2D eigenvalue weighted by atomic mass is 32.1. The molecule has 0 saturated heterocycles. The molecule has 3 rings (SSSR count). The van der Waals surface area contributed by atoms with E-state index in [-0.39, 0.29) is 0 Å². The molecule has 2 heterocycles. The summed E-state index contributed by atoms with van der Waals surface area (Å²) in [5.41, 5.74) is 8.21. The second-order valence-electron chi connectivity index (χ2n) is 4.15. The Morgan fingerprint density at radius 3 is 2.95 bits per heavy atom. The van der Waals surface area contributed by atoms with Crippen molar-refractivity contribution in [1.82, 2.24) is 14.6 Å². The predicted octanol–water partition coefficient (Wildman–Crippen LogP) is 2.56. The molecule has 0 unspecified atom stereocenters. The number of para-hydroxylation sites is 1. The average molecular weight is 272 g/mol. The van der Waals surface area contributed by atoms with Gasteiger partial charge in [-0.25, -0.2) is 4.98 Å². The van der Waals surface area contributed by atoms with E-state index in [1.54, 1.807) is 0 Å². The first-order chi connectivity index (χ1) is 9.24. The maximum Gasteiger partial charge on any atom is 0.146 e. The summed E-state index contributed by atoms with van der Waals surface area (Å²) >= 11 is 1.17. The maximum absolute atomic E-state index is 5.76. The monoisotopic (exact) mass is 272 g/mol. The summed E-state index contributed by atoms with van der Waals surface area (Å²) in [5, 5.41) is 5.56. The van der Waals surface area contributed by atoms with E-state index in [0.29, 0.717) is 17.3 Å². The van der Waals surface area contributed by atoms with E-state index >= 15 is 0 Å². The fraction of sp³-hybridized carbons (Fsp3) is 0.154. The topological polar surface area (TPSA) is 73.9 Å². The molecule has 0 saturated carbocycles. The fourth-order valence-electron chi connectivity index (χ4n) is 1.80. The Kier molecular flexibility index (Phi) is 3.00. The van der Waals surface area contributed by atoms with E-state index in [4.69, 9.17) is 10.5 Å². The summed E-state index contributed by atoms with van der Waals surface area (Å²) in [5.74, 6) is 0.730. The second-order valence-corrected chi connectivity index (χ2v) is 4.94. The van der Waals surface area contributed by atoms with Gasteiger partial charge in [0, 0.05) is 22.6 Å². The molecule has 0 radical (unpaired) electrons. The summed E-state index contributed by atoms with van der Waals surface area (Å²) < 4.78 is 9.54. The summed E-state index contributed by atoms with van der Waals surface area (Å²) in [6.07, 6.45) is 0. The molecule has 5 nitrogen and oxygen atoms in total. The normalized spacial score (nSPS) is 10.8. The fourth-order valence-corrected chi connectivity index (χ4v) is 2.23. The highest BCUT2D eigenvalue weighted by Crippen LogP contribution is 2.25. The van der Waals surface area contributed by atoms with Gasteiger partial charge in [-0.05, 0) is 19.1 Å². The van der Waals surface area contributed by atoms with Crippen LogP contribution in [0, 0.1) is 6.92 Å². The average Bonchev–Trinajstić information content (AvgIpc) is 2.82. The Morgan fingerprint density at radius 1 is 1.26 bits per heavy atom. The summed E-state index contributed by atoms with van der Waals surface area (Å²) in [4.78, 5) is 4.51. The number of benzene rings is 1. The van der Waals surface area contributed by atoms with Gasteiger partial charge in [0.15, 0.2) is 0 Å². The third-order valence-electron chi connectivity index (χ3n) is 2.77. The Bertz CT molecular complexity index is 725. The van der Waals surface area contributed by atoms with Crippen LogP contribution in [0.15, 0.2) is 30.3 Å². The molecule has 96 valence electrons. The lowest BCUT2D eigenvalue weighted by atomic mass is 10.2. The highest BCUT2D eigenvalue weighted by Gasteiger charge is 2.08. The number of rotatable bonds is 3. The van der Waals surface area contributed by atoms with Crippen LogP contribution in [0.25, 0.3) is 10.9 Å². The molecule has 19 heavy (non-hydrogen) atoms. The lowest BCUT2D eigenvalue weighted by Gasteiger charge is -2.08. The number of nitrogens with zero attached hydrogens (tertiary/aromatic N) is 3. The largest absolute Gasteiger partial charge is 0.485 e. The van der Waals surface area contributed by atoms with Crippen molar-refractivity contribution in [2.45, 2.75) is 13.5 Å². The third kappa shape index (κ3) is 2.34. The molecule has 6 heteroatoms. The van der Waals surface area contributed by atoms with Crippen LogP contribution in [0.1, 0.15) is 11.4 Å². The van der Waals surface area contributed by atoms with E-state index in [0.717, 1.165) is 22.3 Å². The van der Waals surface area contributed by atoms with Crippen molar-refractivity contribution in [3.05, 3.63) is 41.7 Å². The van der Waals surface area contributed by atoms with E-state index in [1.807, 2.05) is 37.3 Å². The van der Waals surface area contributed by atoms with Crippen molar-refractivity contribution in [2.75, 3.05) is 5.73 Å². The van der Waals surface area contributed by atoms with Gasteiger partial charge >= 0.3 is 0 Å². The SMILES string of the molecule is Cc1ccc2cccc(OCc3nnsc3N)c2n1. The molecule has 0 atom stereocenters. The minimum absolute atomic E-state index is 0.303. The molecule has 0 aliphatic rings. The van der Waals surface area contributed by atoms with E-state index < -0.39 is 0 Å². The molecule has 2 aromatic heterocycles. The van der Waals surface area contributed by atoms with Gasteiger partial charge in [-0.1, -0.05) is 22.7 Å². The first-order valence-corrected chi connectivity index (χ1v) is 6.57. The van der Waals surface area contributed by atoms with Crippen molar-refractivity contribution >= 4 is 27.4 Å². The minimum atomic E-state index is 0.303. The smallest absolute Gasteiger partial charge is 0.146 e. The van der Waals surface area contributed by atoms with Crippen LogP contribution in [0.3, 0.4) is 0 Å². The number of anilines is 1. The first kappa shape index (κ1) is 11.9. The van der Waals surface area contributed by atoms with Crippen molar-refractivity contribution in [1.29, 1.82) is 0 Å². The van der Waals surface area contributed by atoms with Crippen molar-refractivity contribution in [2.24, 2.45) is 0 Å². The highest BCUT2D eigenvalue weighted by molar-refractivity contribution is 7.09. The van der Waals surface area contributed by atoms with Crippen molar-refractivity contribution in [3.63, 3.8) is 0 Å². The summed E-state index contributed by atoms with van der Waals surface area (Å²) in [6.45, 7) is 2.26. The molecular formula is C13H12N4OS. The Morgan fingerprint density at radius 2 is 2.16 bits per heavy atom. The third-order valence-corrected chi connectivity index (χ3v) is 3.37. The summed E-state index contributed by atoms with van der Waals surface area (Å²) in [6, 6.07) is 9.85. The molecule has 0 aliphatic heterocycles. The quantitative estimate of drug-likeness (QED) is 0.793. The van der Waals surface area contributed by atoms with Crippen molar-refractivity contribution in [3.8, 4) is 5.75 Å². The molecule has 0 spiro atoms. The number of pyridine rings is 1. The van der Waals surface area contributed by atoms with Crippen LogP contribution in [-0.2, 0) is 6.61 Å². The first-order valence-electron chi connectivity index (χ1n) is 5.80. The van der Waals surface area contributed by atoms with Crippen LogP contribution >= 0.6 is 11.5 Å². The minimum Gasteiger partial charge on any atom is -0.485 e. The van der Waals surface area contributed by atoms with Crippen molar-refractivity contribution < 1.29 is 4.74 Å². The van der Waals surface area contributed by atoms with Gasteiger partial charge in [-0.3, -0.25) is 0 Å². The lowest BCUT2D eigenvalue weighted by molar-refractivity contribution is 0.305. The summed E-state index contributed by atoms with van der Waals surface area (Å²) in [7, 11) is 0. The van der Waals surface area contributed by atoms with Gasteiger partial charge in [0.25, 0.3) is 0 Å². The number of hydrogen-bond donors (Lipinski definition) is 1. The zero-order valence-corrected chi connectivity index (χ0v) is 11.1. The molecular weight excluding hydrogens is 260 g/mol. The number of ether oxygens (including phenoxy) is 1. The van der Waals surface area contributed by atoms with Crippen LogP contribution in [0.4, 0.5) is 5.00 Å². The van der Waals surface area contributed by atoms with E-state index in [1.165, 1.54) is 11.5 Å². The van der Waals surface area contributed by atoms with E-state index in [2.05, 4.69) is 14.6 Å². The number of hydrogen-bond acceptors (Lipinski definition) is 6. The van der Waals surface area contributed by atoms with Gasteiger partial charge in [0.2, 0.25) is 0 Å². The van der Waals surface area contributed by atoms with Gasteiger partial charge in [-0.2, -0.15) is 0 Å². The number of nitrogen functional groups attached to an aromatic ring is 1. The van der Waals surface area contributed by atoms with Gasteiger partial charge in [0.1, 0.15) is 28.6 Å². The van der Waals surface area contributed by atoms with Crippen LogP contribution < -0.4 is 10.5 Å². The number of aromatic nitrogens is 3. The molecule has 0 bridgehead atoms. The number of nitrogens with two attached hydrogens (primary N) is 1. The number of aryl methyl sites for hydroxylation is 1. The molecule has 1 aromatic carbocycles. The van der Waals surface area contributed by atoms with Crippen LogP contribution in [0.5, 0.6) is 5.75 Å². The molecule has 0 fully saturated rings. The Balaban J connectivity index is 1.92. The van der Waals surface area contributed by atoms with Gasteiger partial charge in [-0.15, -0.1) is 5.10 Å². The second kappa shape index (κ2) is 4.81. The zero-order valence-electron chi connectivity index (χ0n) is 10.3. The Hall–Kier alpha value is -2.21.